The van der Waals surface area contributed by atoms with Crippen LogP contribution in [0.4, 0.5) is 13.2 Å². The summed E-state index contributed by atoms with van der Waals surface area (Å²) in [5.74, 6) is -1.03. The molecule has 0 saturated heterocycles. The molecule has 3 aromatic carbocycles. The van der Waals surface area contributed by atoms with Gasteiger partial charge in [-0.3, -0.25) is 0 Å². The van der Waals surface area contributed by atoms with Crippen molar-refractivity contribution in [1.82, 2.24) is 0 Å². The van der Waals surface area contributed by atoms with Gasteiger partial charge < -0.3 is 9.47 Å². The van der Waals surface area contributed by atoms with Crippen molar-refractivity contribution < 1.29 is 22.6 Å². The van der Waals surface area contributed by atoms with Crippen LogP contribution >= 0.6 is 0 Å². The number of unbranched alkanes of at least 4 members (excludes halogenated alkanes) is 2. The molecule has 4 rings (SSSR count). The Kier molecular flexibility index (Phi) is 9.54. The van der Waals surface area contributed by atoms with Crippen LogP contribution in [0, 0.1) is 23.4 Å². The van der Waals surface area contributed by atoms with Crippen molar-refractivity contribution in [2.24, 2.45) is 5.92 Å². The van der Waals surface area contributed by atoms with Crippen molar-refractivity contribution in [3.63, 3.8) is 0 Å². The fourth-order valence-corrected chi connectivity index (χ4v) is 5.24. The van der Waals surface area contributed by atoms with Gasteiger partial charge in [0, 0.05) is 11.6 Å². The Morgan fingerprint density at radius 2 is 1.54 bits per heavy atom. The summed E-state index contributed by atoms with van der Waals surface area (Å²) >= 11 is 0. The van der Waals surface area contributed by atoms with Crippen molar-refractivity contribution in [2.75, 3.05) is 13.2 Å². The molecule has 0 aromatic heterocycles. The highest BCUT2D eigenvalue weighted by atomic mass is 19.2. The van der Waals surface area contributed by atoms with E-state index in [1.54, 1.807) is 24.3 Å². The minimum atomic E-state index is -0.771. The maximum absolute atomic E-state index is 15.2. The number of ether oxygens (including phenoxy) is 2. The number of benzene rings is 3. The van der Waals surface area contributed by atoms with Gasteiger partial charge in [0.1, 0.15) is 5.75 Å². The van der Waals surface area contributed by atoms with Crippen molar-refractivity contribution >= 4 is 0 Å². The summed E-state index contributed by atoms with van der Waals surface area (Å²) in [6.45, 7) is 4.91. The van der Waals surface area contributed by atoms with Gasteiger partial charge in [0.2, 0.25) is 0 Å². The molecule has 0 heterocycles. The molecule has 1 fully saturated rings. The van der Waals surface area contributed by atoms with Crippen molar-refractivity contribution in [2.45, 2.75) is 71.1 Å². The van der Waals surface area contributed by atoms with Crippen LogP contribution in [0.2, 0.25) is 0 Å². The Labute approximate surface area is 218 Å². The van der Waals surface area contributed by atoms with E-state index >= 15 is 8.78 Å². The van der Waals surface area contributed by atoms with E-state index in [2.05, 4.69) is 6.92 Å². The first-order chi connectivity index (χ1) is 18.0. The van der Waals surface area contributed by atoms with E-state index in [4.69, 9.17) is 9.47 Å². The Bertz CT molecular complexity index is 1150. The van der Waals surface area contributed by atoms with E-state index in [0.717, 1.165) is 38.5 Å². The Hall–Kier alpha value is -2.95. The topological polar surface area (TPSA) is 18.5 Å². The van der Waals surface area contributed by atoms with Gasteiger partial charge >= 0.3 is 0 Å². The second kappa shape index (κ2) is 13.0. The van der Waals surface area contributed by atoms with E-state index in [1.165, 1.54) is 24.5 Å². The molecular formula is C32H37F3O2. The van der Waals surface area contributed by atoms with Gasteiger partial charge in [-0.05, 0) is 86.1 Å². The van der Waals surface area contributed by atoms with Crippen LogP contribution in [0.1, 0.15) is 75.8 Å². The van der Waals surface area contributed by atoms with E-state index in [-0.39, 0.29) is 17.6 Å². The van der Waals surface area contributed by atoms with Crippen LogP contribution in [0.5, 0.6) is 11.5 Å². The third kappa shape index (κ3) is 6.88. The molecule has 0 amide bonds. The minimum absolute atomic E-state index is 0.0250. The molecule has 1 aliphatic carbocycles. The zero-order valence-electron chi connectivity index (χ0n) is 21.9. The zero-order chi connectivity index (χ0) is 26.2. The van der Waals surface area contributed by atoms with Gasteiger partial charge in [-0.15, -0.1) is 0 Å². The van der Waals surface area contributed by atoms with Gasteiger partial charge in [0.25, 0.3) is 0 Å². The summed E-state index contributed by atoms with van der Waals surface area (Å²) in [4.78, 5) is 0. The molecule has 0 bridgehead atoms. The normalized spacial score (nSPS) is 17.5. The van der Waals surface area contributed by atoms with E-state index in [9.17, 15) is 4.39 Å². The highest BCUT2D eigenvalue weighted by molar-refractivity contribution is 5.65. The summed E-state index contributed by atoms with van der Waals surface area (Å²) in [6.07, 6.45) is 7.67. The smallest absolute Gasteiger partial charge is 0.168 e. The Balaban J connectivity index is 1.33. The lowest BCUT2D eigenvalue weighted by Gasteiger charge is -2.29. The van der Waals surface area contributed by atoms with Gasteiger partial charge in [-0.2, -0.15) is 0 Å². The molecule has 37 heavy (non-hydrogen) atoms. The van der Waals surface area contributed by atoms with Gasteiger partial charge in [0.15, 0.2) is 23.2 Å². The van der Waals surface area contributed by atoms with Crippen molar-refractivity contribution in [3.8, 4) is 22.6 Å². The molecule has 198 valence electrons. The molecule has 0 unspecified atom stereocenters. The number of rotatable bonds is 11. The molecule has 1 saturated carbocycles. The number of halogens is 3. The summed E-state index contributed by atoms with van der Waals surface area (Å²) in [5.41, 5.74) is 2.68. The maximum atomic E-state index is 15.2. The predicted molar refractivity (Wildman–Crippen MR) is 143 cm³/mol. The fourth-order valence-electron chi connectivity index (χ4n) is 5.24. The SMILES string of the molecule is CCCCCc1ccc(-c2ccc(C3CCC(COc4ccc(OCC)cc4F)CC3)c(F)c2F)cc1. The third-order valence-corrected chi connectivity index (χ3v) is 7.42. The lowest BCUT2D eigenvalue weighted by molar-refractivity contribution is 0.193. The zero-order valence-corrected chi connectivity index (χ0v) is 21.9. The molecule has 0 aliphatic heterocycles. The van der Waals surface area contributed by atoms with Crippen LogP contribution < -0.4 is 9.47 Å². The second-order valence-corrected chi connectivity index (χ2v) is 10.0. The Morgan fingerprint density at radius 3 is 2.22 bits per heavy atom. The highest BCUT2D eigenvalue weighted by Gasteiger charge is 2.27. The van der Waals surface area contributed by atoms with Crippen LogP contribution in [0.25, 0.3) is 11.1 Å². The summed E-state index contributed by atoms with van der Waals surface area (Å²) in [5, 5.41) is 0. The average Bonchev–Trinajstić information content (AvgIpc) is 2.91. The number of aryl methyl sites for hydroxylation is 1. The standard InChI is InChI=1S/C32H37F3O2/c1-3-5-6-7-22-8-12-24(13-9-22)27-17-18-28(32(35)31(27)34)25-14-10-23(11-15-25)21-37-30-19-16-26(36-4-2)20-29(30)33/h8-9,12-13,16-20,23,25H,3-7,10-11,14-15,21H2,1-2H3. The largest absolute Gasteiger partial charge is 0.494 e. The first kappa shape index (κ1) is 27.1. The Morgan fingerprint density at radius 1 is 0.784 bits per heavy atom. The maximum Gasteiger partial charge on any atom is 0.168 e. The molecule has 0 N–H and O–H groups in total. The van der Waals surface area contributed by atoms with Crippen LogP contribution in [-0.4, -0.2) is 13.2 Å². The third-order valence-electron chi connectivity index (χ3n) is 7.42. The van der Waals surface area contributed by atoms with Gasteiger partial charge in [-0.25, -0.2) is 13.2 Å². The average molecular weight is 511 g/mol. The van der Waals surface area contributed by atoms with E-state index < -0.39 is 17.5 Å². The molecule has 5 heteroatoms. The summed E-state index contributed by atoms with van der Waals surface area (Å²) < 4.78 is 55.6. The molecule has 0 atom stereocenters. The summed E-state index contributed by atoms with van der Waals surface area (Å²) in [6, 6.07) is 15.9. The lowest BCUT2D eigenvalue weighted by Crippen LogP contribution is -2.20. The minimum Gasteiger partial charge on any atom is -0.494 e. The van der Waals surface area contributed by atoms with Crippen molar-refractivity contribution in [3.05, 3.63) is 83.2 Å². The highest BCUT2D eigenvalue weighted by Crippen LogP contribution is 2.39. The monoisotopic (exact) mass is 510 g/mol. The lowest BCUT2D eigenvalue weighted by atomic mass is 9.78. The fraction of sp³-hybridized carbons (Fsp3) is 0.438. The van der Waals surface area contributed by atoms with E-state index in [1.807, 2.05) is 31.2 Å². The van der Waals surface area contributed by atoms with Gasteiger partial charge in [0.05, 0.1) is 13.2 Å². The first-order valence-corrected chi connectivity index (χ1v) is 13.6. The number of hydrogen-bond donors (Lipinski definition) is 0. The first-order valence-electron chi connectivity index (χ1n) is 13.6. The summed E-state index contributed by atoms with van der Waals surface area (Å²) in [7, 11) is 0. The quantitative estimate of drug-likeness (QED) is 0.239. The van der Waals surface area contributed by atoms with Gasteiger partial charge in [-0.1, -0.05) is 56.2 Å². The van der Waals surface area contributed by atoms with Crippen molar-refractivity contribution in [1.29, 1.82) is 0 Å². The molecule has 0 radical (unpaired) electrons. The van der Waals surface area contributed by atoms with Crippen LogP contribution in [0.15, 0.2) is 54.6 Å². The van der Waals surface area contributed by atoms with Crippen LogP contribution in [0.3, 0.4) is 0 Å². The van der Waals surface area contributed by atoms with E-state index in [0.29, 0.717) is 35.7 Å². The molecule has 0 spiro atoms. The molecule has 1 aliphatic rings. The molecular weight excluding hydrogens is 473 g/mol. The molecule has 2 nitrogen and oxygen atoms in total. The molecule has 3 aromatic rings. The van der Waals surface area contributed by atoms with Crippen LogP contribution in [-0.2, 0) is 6.42 Å². The second-order valence-electron chi connectivity index (χ2n) is 10.0. The number of hydrogen-bond acceptors (Lipinski definition) is 2. The predicted octanol–water partition coefficient (Wildman–Crippen LogP) is 9.26.